The molecule has 1 aliphatic heterocycles. The lowest BCUT2D eigenvalue weighted by Gasteiger charge is -2.24. The van der Waals surface area contributed by atoms with Crippen LogP contribution in [0.2, 0.25) is 0 Å². The Bertz CT molecular complexity index is 1440. The van der Waals surface area contributed by atoms with Crippen LogP contribution in [-0.2, 0) is 36.8 Å². The molecule has 4 rings (SSSR count). The van der Waals surface area contributed by atoms with E-state index in [9.17, 15) is 19.2 Å². The van der Waals surface area contributed by atoms with Crippen LogP contribution < -0.4 is 21.7 Å². The second-order valence-electron chi connectivity index (χ2n) is 10.2. The van der Waals surface area contributed by atoms with E-state index >= 15 is 0 Å². The highest BCUT2D eigenvalue weighted by molar-refractivity contribution is 6.07. The number of methoxy groups -OCH3 is 1. The monoisotopic (exact) mass is 583 g/mol. The number of fused-ring (bicyclic) bond motifs is 2. The van der Waals surface area contributed by atoms with Crippen LogP contribution in [0.25, 0.3) is 21.8 Å². The number of aromatic nitrogens is 1. The number of H-pyrrole nitrogens is 1. The number of nitrogens with two attached hydrogens (primary N) is 1. The Kier molecular flexibility index (Phi) is 11.3. The minimum absolute atomic E-state index is 0. The average Bonchev–Trinajstić information content (AvgIpc) is 3.29. The quantitative estimate of drug-likeness (QED) is 0.171. The van der Waals surface area contributed by atoms with E-state index < -0.39 is 35.9 Å². The van der Waals surface area contributed by atoms with Gasteiger partial charge in [-0.15, -0.1) is 12.4 Å². The van der Waals surface area contributed by atoms with E-state index in [1.165, 1.54) is 14.0 Å². The maximum atomic E-state index is 13.5. The number of unbranched alkanes of at least 4 members (excludes halogenated alkanes) is 1. The van der Waals surface area contributed by atoms with Crippen LogP contribution in [0.1, 0.15) is 43.7 Å². The molecule has 3 atom stereocenters. The van der Waals surface area contributed by atoms with E-state index in [1.54, 1.807) is 0 Å². The van der Waals surface area contributed by atoms with Crippen LogP contribution in [0.5, 0.6) is 0 Å². The number of hydrogen-bond donors (Lipinski definition) is 5. The second kappa shape index (κ2) is 14.7. The van der Waals surface area contributed by atoms with Gasteiger partial charge in [0.2, 0.25) is 17.7 Å². The Hall–Kier alpha value is -3.89. The molecular weight excluding hydrogens is 546 g/mol. The summed E-state index contributed by atoms with van der Waals surface area (Å²) in [7, 11) is 1.27. The predicted molar refractivity (Wildman–Crippen MR) is 161 cm³/mol. The van der Waals surface area contributed by atoms with Gasteiger partial charge in [0, 0.05) is 35.2 Å². The molecule has 0 aliphatic carbocycles. The normalized spacial score (nSPS) is 19.8. The summed E-state index contributed by atoms with van der Waals surface area (Å²) in [5.74, 6) is -1.92. The summed E-state index contributed by atoms with van der Waals surface area (Å²) < 4.78 is 4.92. The zero-order valence-electron chi connectivity index (χ0n) is 23.3. The first-order valence-corrected chi connectivity index (χ1v) is 13.6. The fourth-order valence-corrected chi connectivity index (χ4v) is 5.05. The molecule has 2 heterocycles. The molecule has 220 valence electrons. The number of allylic oxidation sites excluding steroid dienone is 1. The van der Waals surface area contributed by atoms with Gasteiger partial charge in [-0.05, 0) is 74.0 Å². The molecule has 11 heteroatoms. The molecule has 0 saturated heterocycles. The standard InChI is InChI=1S/C30H37N5O5.ClH/c1-18(36)32-27-17-20-11-13-24-22(16-20)21-15-19(10-12-23(21)33-24)7-3-4-9-26(30(39)40-2)35-28(37)25(34-29(27)38)8-5-6-14-31;/h3-4,10-13,15-16,25-27,33H,5-9,14,17,31H2,1-2H3,(H,32,36)(H,34,38)(H,35,37);1H/t25-,26-,27?;/m0./s1. The summed E-state index contributed by atoms with van der Waals surface area (Å²) in [6.45, 7) is 1.80. The van der Waals surface area contributed by atoms with Gasteiger partial charge in [-0.3, -0.25) is 14.4 Å². The highest BCUT2D eigenvalue weighted by Gasteiger charge is 2.29. The Morgan fingerprint density at radius 3 is 2.32 bits per heavy atom. The fourth-order valence-electron chi connectivity index (χ4n) is 5.05. The lowest BCUT2D eigenvalue weighted by molar-refractivity contribution is -0.145. The number of nitrogens with one attached hydrogen (secondary N) is 4. The van der Waals surface area contributed by atoms with Crippen molar-refractivity contribution < 1.29 is 23.9 Å². The molecular formula is C30H38ClN5O5. The molecule has 0 fully saturated rings. The molecule has 0 spiro atoms. The number of ether oxygens (including phenoxy) is 1. The number of halogens is 1. The SMILES string of the molecule is COC(=O)[C@@H]1CC=CCc2ccc3[nH]c4ccc(cc4c3c2)CC(NC(C)=O)C(=O)N[C@@H](CCCCN)C(=O)N1.Cl. The molecule has 3 aromatic rings. The molecule has 1 aliphatic rings. The molecule has 1 unspecified atom stereocenters. The highest BCUT2D eigenvalue weighted by atomic mass is 35.5. The average molecular weight is 584 g/mol. The van der Waals surface area contributed by atoms with Crippen LogP contribution in [0.4, 0.5) is 0 Å². The molecule has 0 radical (unpaired) electrons. The van der Waals surface area contributed by atoms with Crippen molar-refractivity contribution in [3.63, 3.8) is 0 Å². The van der Waals surface area contributed by atoms with Gasteiger partial charge in [-0.25, -0.2) is 4.79 Å². The lowest BCUT2D eigenvalue weighted by atomic mass is 10.00. The Morgan fingerprint density at radius 1 is 0.976 bits per heavy atom. The minimum Gasteiger partial charge on any atom is -0.467 e. The summed E-state index contributed by atoms with van der Waals surface area (Å²) in [6, 6.07) is 9.39. The molecule has 2 aromatic carbocycles. The van der Waals surface area contributed by atoms with Crippen LogP contribution in [0.3, 0.4) is 0 Å². The van der Waals surface area contributed by atoms with E-state index in [-0.39, 0.29) is 31.2 Å². The number of amides is 3. The molecule has 10 nitrogen and oxygen atoms in total. The second-order valence-corrected chi connectivity index (χ2v) is 10.2. The number of hydrogen-bond acceptors (Lipinski definition) is 6. The van der Waals surface area contributed by atoms with Gasteiger partial charge in [-0.1, -0.05) is 24.3 Å². The van der Waals surface area contributed by atoms with Gasteiger partial charge in [0.05, 0.1) is 7.11 Å². The molecule has 41 heavy (non-hydrogen) atoms. The van der Waals surface area contributed by atoms with Crippen molar-refractivity contribution in [1.29, 1.82) is 0 Å². The summed E-state index contributed by atoms with van der Waals surface area (Å²) >= 11 is 0. The molecule has 3 amide bonds. The molecule has 1 aromatic heterocycles. The van der Waals surface area contributed by atoms with Crippen LogP contribution in [-0.4, -0.2) is 60.5 Å². The van der Waals surface area contributed by atoms with Crippen molar-refractivity contribution in [2.45, 2.75) is 63.6 Å². The van der Waals surface area contributed by atoms with E-state index in [0.29, 0.717) is 32.2 Å². The third-order valence-corrected chi connectivity index (χ3v) is 7.14. The van der Waals surface area contributed by atoms with Gasteiger partial charge in [0.1, 0.15) is 18.1 Å². The lowest BCUT2D eigenvalue weighted by Crippen LogP contribution is -2.56. The van der Waals surface area contributed by atoms with Gasteiger partial charge in [0.15, 0.2) is 0 Å². The van der Waals surface area contributed by atoms with Crippen molar-refractivity contribution in [3.05, 3.63) is 59.7 Å². The third kappa shape index (κ3) is 8.08. The van der Waals surface area contributed by atoms with Crippen LogP contribution in [0.15, 0.2) is 48.6 Å². The smallest absolute Gasteiger partial charge is 0.328 e. The molecule has 4 bridgehead atoms. The molecule has 0 saturated carbocycles. The fraction of sp³-hybridized carbons (Fsp3) is 0.400. The Labute approximate surface area is 245 Å². The first-order chi connectivity index (χ1) is 19.3. The number of benzene rings is 2. The van der Waals surface area contributed by atoms with E-state index in [2.05, 4.69) is 27.0 Å². The van der Waals surface area contributed by atoms with Gasteiger partial charge < -0.3 is 31.4 Å². The predicted octanol–water partition coefficient (Wildman–Crippen LogP) is 2.56. The number of rotatable bonds is 6. The minimum atomic E-state index is -0.920. The number of aromatic amines is 1. The van der Waals surface area contributed by atoms with Crippen LogP contribution in [0, 0.1) is 0 Å². The zero-order valence-corrected chi connectivity index (χ0v) is 24.1. The summed E-state index contributed by atoms with van der Waals surface area (Å²) in [5, 5.41) is 10.4. The number of carbonyl (C=O) groups is 4. The van der Waals surface area contributed by atoms with E-state index in [1.807, 2.05) is 42.5 Å². The van der Waals surface area contributed by atoms with Gasteiger partial charge in [0.25, 0.3) is 0 Å². The first-order valence-electron chi connectivity index (χ1n) is 13.6. The Balaban J connectivity index is 0.00000462. The van der Waals surface area contributed by atoms with Crippen molar-refractivity contribution in [2.75, 3.05) is 13.7 Å². The van der Waals surface area contributed by atoms with E-state index in [4.69, 9.17) is 10.5 Å². The van der Waals surface area contributed by atoms with Crippen molar-refractivity contribution in [1.82, 2.24) is 20.9 Å². The maximum absolute atomic E-state index is 13.5. The highest BCUT2D eigenvalue weighted by Crippen LogP contribution is 2.28. The maximum Gasteiger partial charge on any atom is 0.328 e. The van der Waals surface area contributed by atoms with Gasteiger partial charge in [-0.2, -0.15) is 0 Å². The Morgan fingerprint density at radius 2 is 1.66 bits per heavy atom. The van der Waals surface area contributed by atoms with Crippen molar-refractivity contribution in [2.24, 2.45) is 5.73 Å². The van der Waals surface area contributed by atoms with E-state index in [0.717, 1.165) is 32.9 Å². The third-order valence-electron chi connectivity index (χ3n) is 7.14. The largest absolute Gasteiger partial charge is 0.467 e. The summed E-state index contributed by atoms with van der Waals surface area (Å²) in [6.07, 6.45) is 6.51. The van der Waals surface area contributed by atoms with Gasteiger partial charge >= 0.3 is 5.97 Å². The summed E-state index contributed by atoms with van der Waals surface area (Å²) in [5.41, 5.74) is 9.57. The molecule has 6 N–H and O–H groups in total. The van der Waals surface area contributed by atoms with Crippen molar-refractivity contribution >= 4 is 57.9 Å². The number of carbonyl (C=O) groups excluding carboxylic acids is 4. The zero-order chi connectivity index (χ0) is 28.6. The summed E-state index contributed by atoms with van der Waals surface area (Å²) in [4.78, 5) is 54.8. The number of esters is 1. The van der Waals surface area contributed by atoms with Crippen molar-refractivity contribution in [3.8, 4) is 0 Å². The van der Waals surface area contributed by atoms with Crippen LogP contribution >= 0.6 is 12.4 Å². The first kappa shape index (κ1) is 31.6. The topological polar surface area (TPSA) is 155 Å².